The lowest BCUT2D eigenvalue weighted by Crippen LogP contribution is -2.17. The largest absolute Gasteiger partial charge is 0.481 e. The normalized spacial score (nSPS) is 21.3. The first-order chi connectivity index (χ1) is 9.08. The van der Waals surface area contributed by atoms with Crippen LogP contribution in [0.4, 0.5) is 5.69 Å². The number of amides is 1. The highest BCUT2D eigenvalue weighted by molar-refractivity contribution is 7.00. The molecule has 2 atom stereocenters. The third-order valence-electron chi connectivity index (χ3n) is 3.07. The Balaban J connectivity index is 1.86. The van der Waals surface area contributed by atoms with E-state index in [1.807, 2.05) is 0 Å². The number of carboxylic acid groups (broad SMARTS) is 1. The molecule has 1 heterocycles. The summed E-state index contributed by atoms with van der Waals surface area (Å²) >= 11 is 7.06. The Morgan fingerprint density at radius 2 is 2.16 bits per heavy atom. The Morgan fingerprint density at radius 3 is 2.84 bits per heavy atom. The third kappa shape index (κ3) is 2.15. The van der Waals surface area contributed by atoms with Crippen LogP contribution in [0.1, 0.15) is 6.42 Å². The maximum absolute atomic E-state index is 11.9. The number of hydrogen-bond donors (Lipinski definition) is 2. The van der Waals surface area contributed by atoms with Gasteiger partial charge in [-0.05, 0) is 18.6 Å². The number of carbonyl (C=O) groups excluding carboxylic acids is 1. The first-order valence-corrected chi connectivity index (χ1v) is 6.63. The standard InChI is InChI=1S/C11H8ClN3O3S/c12-6-1-2-7-9(15-19-14-7)8(6)13-10(16)4-3-5(4)11(17)18/h1-2,4-5H,3H2,(H,13,16)(H,17,18). The van der Waals surface area contributed by atoms with Crippen molar-refractivity contribution >= 4 is 51.9 Å². The zero-order valence-electron chi connectivity index (χ0n) is 9.46. The van der Waals surface area contributed by atoms with Crippen LogP contribution in [-0.4, -0.2) is 25.7 Å². The van der Waals surface area contributed by atoms with Gasteiger partial charge in [-0.3, -0.25) is 9.59 Å². The summed E-state index contributed by atoms with van der Waals surface area (Å²) in [5, 5.41) is 11.8. The molecule has 0 spiro atoms. The SMILES string of the molecule is O=C(O)C1CC1C(=O)Nc1c(Cl)ccc2nsnc12. The van der Waals surface area contributed by atoms with Crippen molar-refractivity contribution in [2.45, 2.75) is 6.42 Å². The van der Waals surface area contributed by atoms with Crippen molar-refractivity contribution < 1.29 is 14.7 Å². The number of aromatic nitrogens is 2. The smallest absolute Gasteiger partial charge is 0.307 e. The summed E-state index contributed by atoms with van der Waals surface area (Å²) in [7, 11) is 0. The van der Waals surface area contributed by atoms with Crippen molar-refractivity contribution in [2.24, 2.45) is 11.8 Å². The van der Waals surface area contributed by atoms with E-state index < -0.39 is 17.8 Å². The zero-order chi connectivity index (χ0) is 13.6. The molecule has 1 aromatic carbocycles. The van der Waals surface area contributed by atoms with Crippen molar-refractivity contribution in [1.82, 2.24) is 8.75 Å². The highest BCUT2D eigenvalue weighted by Gasteiger charge is 2.48. The number of halogens is 1. The lowest BCUT2D eigenvalue weighted by Gasteiger charge is -2.06. The molecule has 0 aliphatic heterocycles. The van der Waals surface area contributed by atoms with E-state index in [1.54, 1.807) is 12.1 Å². The number of aliphatic carboxylic acids is 1. The first kappa shape index (κ1) is 12.3. The van der Waals surface area contributed by atoms with E-state index in [4.69, 9.17) is 16.7 Å². The van der Waals surface area contributed by atoms with E-state index in [0.717, 1.165) is 11.7 Å². The fraction of sp³-hybridized carbons (Fsp3) is 0.273. The molecule has 1 aliphatic rings. The van der Waals surface area contributed by atoms with Crippen molar-refractivity contribution in [3.8, 4) is 0 Å². The highest BCUT2D eigenvalue weighted by Crippen LogP contribution is 2.40. The number of rotatable bonds is 3. The molecule has 0 saturated heterocycles. The minimum atomic E-state index is -0.945. The quantitative estimate of drug-likeness (QED) is 0.904. The summed E-state index contributed by atoms with van der Waals surface area (Å²) in [4.78, 5) is 22.7. The van der Waals surface area contributed by atoms with Gasteiger partial charge in [-0.1, -0.05) is 11.6 Å². The molecule has 8 heteroatoms. The Morgan fingerprint density at radius 1 is 1.37 bits per heavy atom. The van der Waals surface area contributed by atoms with E-state index in [2.05, 4.69) is 14.1 Å². The number of benzene rings is 1. The van der Waals surface area contributed by atoms with E-state index >= 15 is 0 Å². The minimum Gasteiger partial charge on any atom is -0.481 e. The molecular weight excluding hydrogens is 290 g/mol. The van der Waals surface area contributed by atoms with Crippen molar-refractivity contribution in [3.63, 3.8) is 0 Å². The van der Waals surface area contributed by atoms with E-state index in [-0.39, 0.29) is 5.91 Å². The summed E-state index contributed by atoms with van der Waals surface area (Å²) in [5.74, 6) is -2.36. The molecule has 98 valence electrons. The molecule has 3 rings (SSSR count). The minimum absolute atomic E-state index is 0.338. The van der Waals surface area contributed by atoms with Crippen LogP contribution in [0.5, 0.6) is 0 Å². The average Bonchev–Trinajstić information content (AvgIpc) is 3.04. The molecule has 2 unspecified atom stereocenters. The summed E-state index contributed by atoms with van der Waals surface area (Å²) in [6, 6.07) is 3.34. The Hall–Kier alpha value is -1.73. The summed E-state index contributed by atoms with van der Waals surface area (Å²) in [6.45, 7) is 0. The molecule has 0 bridgehead atoms. The van der Waals surface area contributed by atoms with Gasteiger partial charge in [0.05, 0.1) is 34.3 Å². The Kier molecular flexibility index (Phi) is 2.87. The summed E-state index contributed by atoms with van der Waals surface area (Å²) in [5.41, 5.74) is 1.57. The summed E-state index contributed by atoms with van der Waals surface area (Å²) < 4.78 is 8.14. The second kappa shape index (κ2) is 4.43. The molecule has 1 aromatic heterocycles. The lowest BCUT2D eigenvalue weighted by atomic mass is 10.2. The van der Waals surface area contributed by atoms with Crippen LogP contribution in [0.2, 0.25) is 5.02 Å². The number of nitrogens with one attached hydrogen (secondary N) is 1. The van der Waals surface area contributed by atoms with Crippen molar-refractivity contribution in [1.29, 1.82) is 0 Å². The molecule has 19 heavy (non-hydrogen) atoms. The van der Waals surface area contributed by atoms with Gasteiger partial charge < -0.3 is 10.4 Å². The lowest BCUT2D eigenvalue weighted by molar-refractivity contribution is -0.139. The maximum atomic E-state index is 11.9. The fourth-order valence-corrected chi connectivity index (χ4v) is 2.66. The van der Waals surface area contributed by atoms with Gasteiger partial charge in [0.25, 0.3) is 0 Å². The zero-order valence-corrected chi connectivity index (χ0v) is 11.0. The fourth-order valence-electron chi connectivity index (χ4n) is 1.92. The predicted octanol–water partition coefficient (Wildman–Crippen LogP) is 2.00. The van der Waals surface area contributed by atoms with Gasteiger partial charge in [0.2, 0.25) is 5.91 Å². The Labute approximate surface area is 116 Å². The average molecular weight is 298 g/mol. The molecule has 1 fully saturated rings. The van der Waals surface area contributed by atoms with Crippen molar-refractivity contribution in [3.05, 3.63) is 17.2 Å². The number of hydrogen-bond acceptors (Lipinski definition) is 5. The second-order valence-corrected chi connectivity index (χ2v) is 5.27. The maximum Gasteiger partial charge on any atom is 0.307 e. The van der Waals surface area contributed by atoms with Crippen LogP contribution < -0.4 is 5.32 Å². The van der Waals surface area contributed by atoms with E-state index in [0.29, 0.717) is 28.2 Å². The molecule has 1 saturated carbocycles. The Bertz CT molecular complexity index is 687. The molecule has 1 aliphatic carbocycles. The topological polar surface area (TPSA) is 92.2 Å². The molecular formula is C11H8ClN3O3S. The summed E-state index contributed by atoms with van der Waals surface area (Å²) in [6.07, 6.45) is 0.365. The number of anilines is 1. The van der Waals surface area contributed by atoms with Gasteiger partial charge in [-0.25, -0.2) is 0 Å². The van der Waals surface area contributed by atoms with Gasteiger partial charge in [0, 0.05) is 0 Å². The van der Waals surface area contributed by atoms with Gasteiger partial charge in [-0.15, -0.1) is 0 Å². The number of carbonyl (C=O) groups is 2. The van der Waals surface area contributed by atoms with Gasteiger partial charge in [0.1, 0.15) is 11.0 Å². The van der Waals surface area contributed by atoms with Crippen LogP contribution in [0.3, 0.4) is 0 Å². The number of nitrogens with zero attached hydrogens (tertiary/aromatic N) is 2. The molecule has 6 nitrogen and oxygen atoms in total. The number of fused-ring (bicyclic) bond motifs is 1. The number of carboxylic acids is 1. The van der Waals surface area contributed by atoms with Crippen molar-refractivity contribution in [2.75, 3.05) is 5.32 Å². The molecule has 0 radical (unpaired) electrons. The van der Waals surface area contributed by atoms with Gasteiger partial charge in [-0.2, -0.15) is 8.75 Å². The van der Waals surface area contributed by atoms with E-state index in [1.165, 1.54) is 0 Å². The third-order valence-corrected chi connectivity index (χ3v) is 3.93. The van der Waals surface area contributed by atoms with Crippen LogP contribution >= 0.6 is 23.3 Å². The predicted molar refractivity (Wildman–Crippen MR) is 70.3 cm³/mol. The highest BCUT2D eigenvalue weighted by atomic mass is 35.5. The van der Waals surface area contributed by atoms with Crippen LogP contribution in [-0.2, 0) is 9.59 Å². The molecule has 2 N–H and O–H groups in total. The van der Waals surface area contributed by atoms with Gasteiger partial charge in [0.15, 0.2) is 0 Å². The van der Waals surface area contributed by atoms with Crippen LogP contribution in [0.15, 0.2) is 12.1 Å². The van der Waals surface area contributed by atoms with E-state index in [9.17, 15) is 9.59 Å². The monoisotopic (exact) mass is 297 g/mol. The first-order valence-electron chi connectivity index (χ1n) is 5.52. The van der Waals surface area contributed by atoms with Crippen LogP contribution in [0.25, 0.3) is 11.0 Å². The second-order valence-electron chi connectivity index (χ2n) is 4.33. The van der Waals surface area contributed by atoms with Crippen LogP contribution in [0, 0.1) is 11.8 Å². The van der Waals surface area contributed by atoms with Gasteiger partial charge >= 0.3 is 5.97 Å². The molecule has 1 amide bonds. The molecule has 2 aromatic rings.